The van der Waals surface area contributed by atoms with Crippen molar-refractivity contribution in [2.45, 2.75) is 0 Å². The van der Waals surface area contributed by atoms with Gasteiger partial charge in [-0.1, -0.05) is 0 Å². The summed E-state index contributed by atoms with van der Waals surface area (Å²) in [5.74, 6) is 0. The molecule has 0 spiro atoms. The Balaban J connectivity index is -0.0000000225. The molecule has 3 nitrogen and oxygen atoms in total. The van der Waals surface area contributed by atoms with Gasteiger partial charge in [-0.15, -0.1) is 0 Å². The van der Waals surface area contributed by atoms with E-state index in [4.69, 9.17) is 11.0 Å². The molecule has 0 aromatic carbocycles. The van der Waals surface area contributed by atoms with Crippen LogP contribution in [0.5, 0.6) is 0 Å². The summed E-state index contributed by atoms with van der Waals surface area (Å²) in [5, 5.41) is 0. The standard InChI is InChI=1S/Cu.Fe.3O.Ti. The van der Waals surface area contributed by atoms with Crippen LogP contribution in [-0.2, 0) is 63.3 Å². The van der Waals surface area contributed by atoms with Gasteiger partial charge in [0.2, 0.25) is 0 Å². The first-order chi connectivity index (χ1) is 3.00. The van der Waals surface area contributed by atoms with Gasteiger partial charge in [0.05, 0.1) is 0 Å². The summed E-state index contributed by atoms with van der Waals surface area (Å²) in [4.78, 5) is 0. The predicted octanol–water partition coefficient (Wildman–Crippen LogP) is -0.364. The van der Waals surface area contributed by atoms with E-state index in [2.05, 4.69) is 15.9 Å². The van der Waals surface area contributed by atoms with Crippen LogP contribution in [0.4, 0.5) is 0 Å². The Labute approximate surface area is 63.0 Å². The summed E-state index contributed by atoms with van der Waals surface area (Å²) in [6.07, 6.45) is 0. The van der Waals surface area contributed by atoms with Gasteiger partial charge in [0.25, 0.3) is 0 Å². The Hall–Kier alpha value is 1.15. The molecule has 0 aliphatic carbocycles. The molecule has 0 saturated carbocycles. The molecule has 0 N–H and O–H groups in total. The third-order valence-electron chi connectivity index (χ3n) is 0. The molecular weight excluding hydrogens is 215 g/mol. The van der Waals surface area contributed by atoms with Crippen molar-refractivity contribution >= 4 is 0 Å². The molecule has 6 heteroatoms. The first-order valence-electron chi connectivity index (χ1n) is 0.472. The third kappa shape index (κ3) is 66.8. The topological polar surface area (TPSA) is 51.2 Å². The minimum absolute atomic E-state index is 0.750. The summed E-state index contributed by atoms with van der Waals surface area (Å²) < 4.78 is 24.1. The fourth-order valence-electron chi connectivity index (χ4n) is 0. The Kier molecular flexibility index (Phi) is 322. The van der Waals surface area contributed by atoms with Crippen LogP contribution >= 0.6 is 0 Å². The van der Waals surface area contributed by atoms with Gasteiger partial charge >= 0.3 is 63.3 Å². The monoisotopic (exact) mass is 215 g/mol. The molecule has 0 fully saturated rings. The van der Waals surface area contributed by atoms with E-state index < -0.39 is 0 Å². The van der Waals surface area contributed by atoms with Crippen LogP contribution in [0.1, 0.15) is 0 Å². The van der Waals surface area contributed by atoms with Crippen molar-refractivity contribution in [3.8, 4) is 0 Å². The van der Waals surface area contributed by atoms with Crippen molar-refractivity contribution in [2.24, 2.45) is 0 Å². The van der Waals surface area contributed by atoms with Crippen LogP contribution in [0.15, 0.2) is 0 Å². The summed E-state index contributed by atoms with van der Waals surface area (Å²) in [5.41, 5.74) is 0. The average Bonchev–Trinajstić information content (AvgIpc) is 1.81. The van der Waals surface area contributed by atoms with Gasteiger partial charge in [-0.3, -0.25) is 0 Å². The molecule has 0 bridgehead atoms. The van der Waals surface area contributed by atoms with Crippen molar-refractivity contribution < 1.29 is 63.3 Å². The third-order valence-corrected chi connectivity index (χ3v) is 0. The van der Waals surface area contributed by atoms with Crippen molar-refractivity contribution in [3.63, 3.8) is 0 Å². The first kappa shape index (κ1) is 15.7. The molecular formula is CuFeO3Ti. The zero-order valence-corrected chi connectivity index (χ0v) is 5.99. The van der Waals surface area contributed by atoms with E-state index in [0.717, 1.165) is 20.4 Å². The fourth-order valence-corrected chi connectivity index (χ4v) is 0. The molecule has 0 heterocycles. The van der Waals surface area contributed by atoms with E-state index >= 15 is 0 Å². The molecule has 0 unspecified atom stereocenters. The van der Waals surface area contributed by atoms with E-state index in [1.165, 1.54) is 0 Å². The van der Waals surface area contributed by atoms with E-state index in [0.29, 0.717) is 0 Å². The van der Waals surface area contributed by atoms with E-state index in [9.17, 15) is 0 Å². The Morgan fingerprint density at radius 1 is 1.17 bits per heavy atom. The van der Waals surface area contributed by atoms with Gasteiger partial charge < -0.3 is 0 Å². The van der Waals surface area contributed by atoms with Crippen LogP contribution in [0, 0.1) is 0 Å². The van der Waals surface area contributed by atoms with Crippen LogP contribution < -0.4 is 0 Å². The predicted molar refractivity (Wildman–Crippen MR) is 2.06 cm³/mol. The molecule has 0 amide bonds. The van der Waals surface area contributed by atoms with Gasteiger partial charge in [-0.2, -0.15) is 0 Å². The van der Waals surface area contributed by atoms with Gasteiger partial charge in [-0.25, -0.2) is 0 Å². The van der Waals surface area contributed by atoms with Gasteiger partial charge in [0.1, 0.15) is 0 Å². The SMILES string of the molecule is [O]=[Cu].[O]=[Fe].[O]=[Ti]. The quantitative estimate of drug-likeness (QED) is 0.518. The van der Waals surface area contributed by atoms with Crippen molar-refractivity contribution in [3.05, 3.63) is 0 Å². The van der Waals surface area contributed by atoms with Crippen LogP contribution in [0.3, 0.4) is 0 Å². The van der Waals surface area contributed by atoms with Crippen LogP contribution in [-0.4, -0.2) is 0 Å². The Morgan fingerprint density at radius 3 is 1.17 bits per heavy atom. The summed E-state index contributed by atoms with van der Waals surface area (Å²) in [6, 6.07) is 0. The Bertz CT molecular complexity index is 15.5. The van der Waals surface area contributed by atoms with Crippen molar-refractivity contribution in [1.29, 1.82) is 0 Å². The molecule has 0 atom stereocenters. The molecule has 0 rings (SSSR count). The number of hydrogen-bond acceptors (Lipinski definition) is 3. The second-order valence-corrected chi connectivity index (χ2v) is 0. The van der Waals surface area contributed by atoms with Crippen molar-refractivity contribution in [1.82, 2.24) is 0 Å². The van der Waals surface area contributed by atoms with Gasteiger partial charge in [-0.05, 0) is 0 Å². The maximum absolute atomic E-state index is 8.25. The molecule has 0 saturated heterocycles. The van der Waals surface area contributed by atoms with Gasteiger partial charge in [0, 0.05) is 0 Å². The second-order valence-electron chi connectivity index (χ2n) is 0. The normalized spacial score (nSPS) is 2.33. The average molecular weight is 215 g/mol. The van der Waals surface area contributed by atoms with Crippen molar-refractivity contribution in [2.75, 3.05) is 0 Å². The minimum atomic E-state index is 0.750. The molecule has 0 aliphatic rings. The maximum atomic E-state index is 8.25. The van der Waals surface area contributed by atoms with E-state index in [-0.39, 0.29) is 0 Å². The number of rotatable bonds is 0. The molecule has 41 valence electrons. The Morgan fingerprint density at radius 2 is 1.17 bits per heavy atom. The number of hydrogen-bond donors (Lipinski definition) is 0. The van der Waals surface area contributed by atoms with E-state index in [1.807, 2.05) is 15.9 Å². The first-order valence-corrected chi connectivity index (χ1v) is 1.94. The molecule has 6 heavy (non-hydrogen) atoms. The molecule has 0 aromatic rings. The summed E-state index contributed by atoms with van der Waals surface area (Å²) in [6.45, 7) is 0. The molecule has 0 aromatic heterocycles. The van der Waals surface area contributed by atoms with E-state index in [1.54, 1.807) is 0 Å². The second kappa shape index (κ2) is 123. The fraction of sp³-hybridized carbons (Fsp3) is 0. The molecule has 0 radical (unpaired) electrons. The zero-order valence-electron chi connectivity index (χ0n) is 2.38. The summed E-state index contributed by atoms with van der Waals surface area (Å²) in [7, 11) is 0. The summed E-state index contributed by atoms with van der Waals surface area (Å²) >= 11 is 5.69. The zero-order chi connectivity index (χ0) is 6.00. The molecule has 0 aliphatic heterocycles. The van der Waals surface area contributed by atoms with Crippen LogP contribution in [0.2, 0.25) is 0 Å². The van der Waals surface area contributed by atoms with Gasteiger partial charge in [0.15, 0.2) is 0 Å². The van der Waals surface area contributed by atoms with Crippen LogP contribution in [0.25, 0.3) is 0 Å².